The lowest BCUT2D eigenvalue weighted by Crippen LogP contribution is -2.53. The first kappa shape index (κ1) is 17.4. The van der Waals surface area contributed by atoms with E-state index in [9.17, 15) is 9.59 Å². The second-order valence-corrected chi connectivity index (χ2v) is 7.47. The molecule has 2 aromatic heterocycles. The van der Waals surface area contributed by atoms with Crippen LogP contribution in [0.15, 0.2) is 17.8 Å². The van der Waals surface area contributed by atoms with Gasteiger partial charge in [0.1, 0.15) is 0 Å². The maximum Gasteiger partial charge on any atom is 0.236 e. The molecule has 0 N–H and O–H groups in total. The third kappa shape index (κ3) is 3.74. The van der Waals surface area contributed by atoms with Crippen molar-refractivity contribution in [3.8, 4) is 0 Å². The molecule has 26 heavy (non-hydrogen) atoms. The molecule has 2 amide bonds. The maximum atomic E-state index is 12.6. The van der Waals surface area contributed by atoms with Gasteiger partial charge in [0, 0.05) is 62.7 Å². The Hall–Kier alpha value is -1.97. The first-order chi connectivity index (χ1) is 12.7. The molecule has 4 heterocycles. The molecule has 0 atom stereocenters. The lowest BCUT2D eigenvalue weighted by Gasteiger charge is -2.36. The number of thiazole rings is 1. The molecule has 140 valence electrons. The second kappa shape index (κ2) is 7.73. The van der Waals surface area contributed by atoms with Gasteiger partial charge in [0.05, 0.1) is 26.2 Å². The number of nitrogens with zero attached hydrogens (tertiary/aromatic N) is 5. The molecule has 0 unspecified atom stereocenters. The summed E-state index contributed by atoms with van der Waals surface area (Å²) in [5.41, 5.74) is 0.971. The van der Waals surface area contributed by atoms with Crippen molar-refractivity contribution in [2.45, 2.75) is 6.42 Å². The van der Waals surface area contributed by atoms with Gasteiger partial charge in [0.15, 0.2) is 4.96 Å². The third-order valence-electron chi connectivity index (χ3n) is 5.00. The van der Waals surface area contributed by atoms with Gasteiger partial charge in [-0.05, 0) is 0 Å². The first-order valence-electron chi connectivity index (χ1n) is 8.96. The average Bonchev–Trinajstić information content (AvgIpc) is 3.28. The summed E-state index contributed by atoms with van der Waals surface area (Å²) in [7, 11) is 0. The van der Waals surface area contributed by atoms with Gasteiger partial charge in [0.25, 0.3) is 0 Å². The minimum Gasteiger partial charge on any atom is -0.379 e. The lowest BCUT2D eigenvalue weighted by molar-refractivity contribution is -0.140. The summed E-state index contributed by atoms with van der Waals surface area (Å²) in [6.45, 7) is 5.89. The van der Waals surface area contributed by atoms with Gasteiger partial charge in [-0.15, -0.1) is 11.3 Å². The van der Waals surface area contributed by atoms with Gasteiger partial charge in [-0.1, -0.05) is 0 Å². The van der Waals surface area contributed by atoms with Crippen LogP contribution in [0.1, 0.15) is 5.69 Å². The van der Waals surface area contributed by atoms with E-state index < -0.39 is 0 Å². The van der Waals surface area contributed by atoms with Crippen molar-refractivity contribution < 1.29 is 14.3 Å². The molecule has 0 bridgehead atoms. The number of ether oxygens (including phenoxy) is 1. The van der Waals surface area contributed by atoms with Gasteiger partial charge in [-0.25, -0.2) is 4.98 Å². The quantitative estimate of drug-likeness (QED) is 0.747. The number of carbonyl (C=O) groups is 2. The predicted octanol–water partition coefficient (Wildman–Crippen LogP) is -0.0587. The molecule has 2 aliphatic heterocycles. The number of morpholine rings is 1. The fourth-order valence-corrected chi connectivity index (χ4v) is 4.27. The van der Waals surface area contributed by atoms with Crippen molar-refractivity contribution >= 4 is 28.1 Å². The van der Waals surface area contributed by atoms with Crippen LogP contribution in [-0.2, 0) is 20.7 Å². The molecule has 0 saturated carbocycles. The Morgan fingerprint density at radius 2 is 1.73 bits per heavy atom. The highest BCUT2D eigenvalue weighted by atomic mass is 32.1. The number of hydrogen-bond acceptors (Lipinski definition) is 6. The maximum absolute atomic E-state index is 12.6. The molecule has 2 aliphatic rings. The highest BCUT2D eigenvalue weighted by molar-refractivity contribution is 7.15. The van der Waals surface area contributed by atoms with E-state index in [4.69, 9.17) is 4.74 Å². The molecule has 8 nitrogen and oxygen atoms in total. The molecule has 4 rings (SSSR count). The van der Waals surface area contributed by atoms with Crippen LogP contribution in [0.3, 0.4) is 0 Å². The van der Waals surface area contributed by atoms with E-state index in [1.54, 1.807) is 17.5 Å². The Balaban J connectivity index is 1.27. The molecule has 2 saturated heterocycles. The normalized spacial score (nSPS) is 19.2. The van der Waals surface area contributed by atoms with Crippen LogP contribution in [0.2, 0.25) is 0 Å². The van der Waals surface area contributed by atoms with Crippen LogP contribution < -0.4 is 0 Å². The monoisotopic (exact) mass is 377 g/mol. The summed E-state index contributed by atoms with van der Waals surface area (Å²) in [6.07, 6.45) is 4.01. The number of hydrogen-bond donors (Lipinski definition) is 0. The zero-order chi connectivity index (χ0) is 17.9. The van der Waals surface area contributed by atoms with Crippen LogP contribution in [-0.4, -0.2) is 94.9 Å². The summed E-state index contributed by atoms with van der Waals surface area (Å²) in [6, 6.07) is 0. The Morgan fingerprint density at radius 1 is 1.04 bits per heavy atom. The molecule has 0 aromatic carbocycles. The SMILES string of the molecule is O=C(Cc1csc2nccn12)N1CCN(C(=O)CN2CCOCC2)CC1. The van der Waals surface area contributed by atoms with E-state index in [0.717, 1.165) is 23.7 Å². The predicted molar refractivity (Wildman–Crippen MR) is 97.2 cm³/mol. The lowest BCUT2D eigenvalue weighted by atomic mass is 10.2. The van der Waals surface area contributed by atoms with Gasteiger partial charge in [-0.3, -0.25) is 18.9 Å². The van der Waals surface area contributed by atoms with Crippen molar-refractivity contribution in [3.05, 3.63) is 23.5 Å². The van der Waals surface area contributed by atoms with Gasteiger partial charge >= 0.3 is 0 Å². The summed E-state index contributed by atoms with van der Waals surface area (Å²) in [5.74, 6) is 0.260. The van der Waals surface area contributed by atoms with E-state index in [2.05, 4.69) is 9.88 Å². The first-order valence-corrected chi connectivity index (χ1v) is 9.84. The minimum absolute atomic E-state index is 0.110. The highest BCUT2D eigenvalue weighted by Gasteiger charge is 2.26. The summed E-state index contributed by atoms with van der Waals surface area (Å²) in [5, 5.41) is 1.99. The molecule has 9 heteroatoms. The van der Waals surface area contributed by atoms with E-state index in [0.29, 0.717) is 52.4 Å². The van der Waals surface area contributed by atoms with E-state index in [1.807, 2.05) is 25.8 Å². The summed E-state index contributed by atoms with van der Waals surface area (Å²) in [4.78, 5) is 36.1. The van der Waals surface area contributed by atoms with Crippen LogP contribution >= 0.6 is 11.3 Å². The van der Waals surface area contributed by atoms with Gasteiger partial charge < -0.3 is 14.5 Å². The Morgan fingerprint density at radius 3 is 2.46 bits per heavy atom. The standard InChI is InChI=1S/C17H23N5O3S/c23-15(11-14-13-26-17-18-1-2-22(14)17)20-3-5-21(6-4-20)16(24)12-19-7-9-25-10-8-19/h1-2,13H,3-12H2. The van der Waals surface area contributed by atoms with Gasteiger partial charge in [-0.2, -0.15) is 0 Å². The second-order valence-electron chi connectivity index (χ2n) is 6.63. The smallest absolute Gasteiger partial charge is 0.236 e. The van der Waals surface area contributed by atoms with E-state index in [-0.39, 0.29) is 11.8 Å². The Bertz CT molecular complexity index is 774. The van der Waals surface area contributed by atoms with E-state index in [1.165, 1.54) is 0 Å². The molecular formula is C17H23N5O3S. The van der Waals surface area contributed by atoms with Crippen molar-refractivity contribution in [1.82, 2.24) is 24.1 Å². The third-order valence-corrected chi connectivity index (χ3v) is 5.90. The molecule has 2 fully saturated rings. The molecule has 0 spiro atoms. The topological polar surface area (TPSA) is 70.4 Å². The largest absolute Gasteiger partial charge is 0.379 e. The number of imidazole rings is 1. The van der Waals surface area contributed by atoms with Crippen molar-refractivity contribution in [1.29, 1.82) is 0 Å². The Kier molecular flexibility index (Phi) is 5.18. The van der Waals surface area contributed by atoms with Crippen LogP contribution in [0, 0.1) is 0 Å². The molecule has 2 aromatic rings. The van der Waals surface area contributed by atoms with Crippen molar-refractivity contribution in [3.63, 3.8) is 0 Å². The average molecular weight is 377 g/mol. The number of piperazine rings is 1. The number of rotatable bonds is 4. The highest BCUT2D eigenvalue weighted by Crippen LogP contribution is 2.16. The van der Waals surface area contributed by atoms with Crippen molar-refractivity contribution in [2.75, 3.05) is 59.0 Å². The number of carbonyl (C=O) groups excluding carboxylic acids is 2. The fraction of sp³-hybridized carbons (Fsp3) is 0.588. The van der Waals surface area contributed by atoms with Crippen LogP contribution in [0.5, 0.6) is 0 Å². The number of fused-ring (bicyclic) bond motifs is 1. The van der Waals surface area contributed by atoms with Crippen molar-refractivity contribution in [2.24, 2.45) is 0 Å². The Labute approximate surface area is 155 Å². The summed E-state index contributed by atoms with van der Waals surface area (Å²) < 4.78 is 7.28. The number of aromatic nitrogens is 2. The molecule has 0 aliphatic carbocycles. The van der Waals surface area contributed by atoms with E-state index >= 15 is 0 Å². The summed E-state index contributed by atoms with van der Waals surface area (Å²) >= 11 is 1.54. The van der Waals surface area contributed by atoms with Gasteiger partial charge in [0.2, 0.25) is 11.8 Å². The molecule has 0 radical (unpaired) electrons. The fourth-order valence-electron chi connectivity index (χ4n) is 3.42. The number of amides is 2. The van der Waals surface area contributed by atoms with Crippen LogP contribution in [0.4, 0.5) is 0 Å². The van der Waals surface area contributed by atoms with Crippen LogP contribution in [0.25, 0.3) is 4.96 Å². The minimum atomic E-state index is 0.110. The molecular weight excluding hydrogens is 354 g/mol. The zero-order valence-corrected chi connectivity index (χ0v) is 15.5. The zero-order valence-electron chi connectivity index (χ0n) is 14.7.